The summed E-state index contributed by atoms with van der Waals surface area (Å²) in [7, 11) is 1.20. The maximum Gasteiger partial charge on any atom is 0.360 e. The first-order valence-electron chi connectivity index (χ1n) is 17.7. The minimum atomic E-state index is -0.997. The molecule has 13 nitrogen and oxygen atoms in total. The second-order valence-electron chi connectivity index (χ2n) is 15.0. The quantitative estimate of drug-likeness (QED) is 0.204. The van der Waals surface area contributed by atoms with Crippen LogP contribution in [0, 0.1) is 17.8 Å². The number of ether oxygens (including phenoxy) is 2. The van der Waals surface area contributed by atoms with E-state index in [-0.39, 0.29) is 52.8 Å². The van der Waals surface area contributed by atoms with Gasteiger partial charge in [0.25, 0.3) is 0 Å². The zero-order chi connectivity index (χ0) is 36.0. The number of anilines is 2. The van der Waals surface area contributed by atoms with Crippen LogP contribution >= 0.6 is 11.6 Å². The van der Waals surface area contributed by atoms with Crippen LogP contribution in [-0.4, -0.2) is 101 Å². The van der Waals surface area contributed by atoms with Crippen molar-refractivity contribution in [1.82, 2.24) is 25.5 Å². The number of hydrogen-bond acceptors (Lipinski definition) is 11. The summed E-state index contributed by atoms with van der Waals surface area (Å²) in [4.78, 5) is 50.4. The molecule has 2 aromatic rings. The molecular weight excluding hydrogens is 662 g/mol. The van der Waals surface area contributed by atoms with Gasteiger partial charge in [-0.05, 0) is 63.9 Å². The van der Waals surface area contributed by atoms with Crippen molar-refractivity contribution in [3.63, 3.8) is 0 Å². The monoisotopic (exact) mass is 713 g/mol. The van der Waals surface area contributed by atoms with Gasteiger partial charge in [0.2, 0.25) is 11.8 Å². The van der Waals surface area contributed by atoms with Crippen molar-refractivity contribution in [1.29, 1.82) is 0 Å². The van der Waals surface area contributed by atoms with E-state index in [9.17, 15) is 19.5 Å². The van der Waals surface area contributed by atoms with Gasteiger partial charge in [-0.2, -0.15) is 0 Å². The summed E-state index contributed by atoms with van der Waals surface area (Å²) in [5, 5.41) is 21.2. The highest BCUT2D eigenvalue weighted by atomic mass is 35.5. The van der Waals surface area contributed by atoms with Gasteiger partial charge in [-0.25, -0.2) is 14.8 Å². The average molecular weight is 714 g/mol. The largest absolute Gasteiger partial charge is 0.464 e. The Morgan fingerprint density at radius 2 is 1.84 bits per heavy atom. The standard InChI is InChI=1S/C36H52ClN7O6/c1-36(2,3)43-33(46)26-17-22-12-8-9-13-23(22)18-44(26)19-27(45)25(16-21-10-6-5-7-11-21)39-34(47)28(24-14-15-50-20-24)41-32-30(37)40-29(31(38)42-32)35(48)49-4/h5-7,10-11,22-28,45H,8-9,12-20H2,1-4H3,(H,39,47)(H,43,46)(H3,38,41,42)/t22-,23+,24-,25-,26-,27+,28-/m0/s1. The molecule has 0 spiro atoms. The van der Waals surface area contributed by atoms with Crippen LogP contribution in [0.1, 0.15) is 75.3 Å². The van der Waals surface area contributed by atoms with Crippen LogP contribution in [0.2, 0.25) is 5.15 Å². The van der Waals surface area contributed by atoms with E-state index < -0.39 is 29.7 Å². The van der Waals surface area contributed by atoms with E-state index in [1.54, 1.807) is 0 Å². The molecule has 2 aliphatic heterocycles. The van der Waals surface area contributed by atoms with Crippen LogP contribution < -0.4 is 21.7 Å². The van der Waals surface area contributed by atoms with E-state index in [0.29, 0.717) is 37.9 Å². The third-order valence-electron chi connectivity index (χ3n) is 10.1. The number of nitrogens with two attached hydrogens (primary N) is 1. The van der Waals surface area contributed by atoms with Gasteiger partial charge in [-0.3, -0.25) is 14.5 Å². The number of carbonyl (C=O) groups is 3. The van der Waals surface area contributed by atoms with Crippen LogP contribution in [0.15, 0.2) is 30.3 Å². The maximum atomic E-state index is 14.3. The molecule has 3 aliphatic rings. The van der Waals surface area contributed by atoms with Crippen molar-refractivity contribution in [2.24, 2.45) is 17.8 Å². The zero-order valence-corrected chi connectivity index (χ0v) is 30.2. The summed E-state index contributed by atoms with van der Waals surface area (Å²) in [6, 6.07) is 7.74. The van der Waals surface area contributed by atoms with E-state index in [1.807, 2.05) is 51.1 Å². The van der Waals surface area contributed by atoms with E-state index >= 15 is 0 Å². The molecule has 1 aromatic carbocycles. The Morgan fingerprint density at radius 1 is 1.12 bits per heavy atom. The van der Waals surface area contributed by atoms with Gasteiger partial charge < -0.3 is 36.3 Å². The van der Waals surface area contributed by atoms with Gasteiger partial charge >= 0.3 is 5.97 Å². The molecule has 0 unspecified atom stereocenters. The summed E-state index contributed by atoms with van der Waals surface area (Å²) >= 11 is 6.42. The van der Waals surface area contributed by atoms with Gasteiger partial charge in [0, 0.05) is 31.2 Å². The number of aromatic nitrogens is 2. The lowest BCUT2D eigenvalue weighted by molar-refractivity contribution is -0.133. The molecular formula is C36H52ClN7O6. The Labute approximate surface area is 299 Å². The van der Waals surface area contributed by atoms with Crippen LogP contribution in [0.5, 0.6) is 0 Å². The van der Waals surface area contributed by atoms with Gasteiger partial charge in [-0.15, -0.1) is 0 Å². The first-order valence-corrected chi connectivity index (χ1v) is 18.0. The average Bonchev–Trinajstić information content (AvgIpc) is 3.62. The molecule has 7 atom stereocenters. The van der Waals surface area contributed by atoms with Crippen molar-refractivity contribution >= 4 is 41.0 Å². The molecule has 0 bridgehead atoms. The number of rotatable bonds is 12. The molecule has 0 radical (unpaired) electrons. The van der Waals surface area contributed by atoms with Gasteiger partial charge in [0.15, 0.2) is 22.5 Å². The highest BCUT2D eigenvalue weighted by Crippen LogP contribution is 2.39. The maximum absolute atomic E-state index is 14.3. The predicted octanol–water partition coefficient (Wildman–Crippen LogP) is 3.20. The lowest BCUT2D eigenvalue weighted by Crippen LogP contribution is -2.61. The van der Waals surface area contributed by atoms with Crippen molar-refractivity contribution in [2.75, 3.05) is 44.5 Å². The number of hydrogen-bond donors (Lipinski definition) is 5. The first kappa shape index (κ1) is 37.7. The second-order valence-corrected chi connectivity index (χ2v) is 15.3. The number of benzene rings is 1. The normalized spacial score (nSPS) is 24.4. The Morgan fingerprint density at radius 3 is 2.50 bits per heavy atom. The summed E-state index contributed by atoms with van der Waals surface area (Å²) in [6.45, 7) is 7.66. The Balaban J connectivity index is 1.39. The van der Waals surface area contributed by atoms with E-state index in [4.69, 9.17) is 26.8 Å². The molecule has 2 amide bonds. The summed E-state index contributed by atoms with van der Waals surface area (Å²) < 4.78 is 10.4. The molecule has 2 saturated heterocycles. The molecule has 50 heavy (non-hydrogen) atoms. The van der Waals surface area contributed by atoms with E-state index in [2.05, 4.69) is 30.8 Å². The number of aliphatic hydroxyl groups is 1. The Kier molecular flexibility index (Phi) is 12.6. The SMILES string of the molecule is COC(=O)c1nc(Cl)c(N[C@H](C(=O)N[C@@H](Cc2ccccc2)[C@H](O)CN2C[C@H]3CCCC[C@H]3C[C@H]2C(=O)NC(C)(C)C)[C@H]2CCOC2)nc1N. The fraction of sp³-hybridized carbons (Fsp3) is 0.639. The number of esters is 1. The molecule has 14 heteroatoms. The number of likely N-dealkylation sites (tertiary alicyclic amines) is 1. The number of amides is 2. The van der Waals surface area contributed by atoms with Gasteiger partial charge in [0.05, 0.1) is 31.9 Å². The van der Waals surface area contributed by atoms with Gasteiger partial charge in [-0.1, -0.05) is 61.2 Å². The fourth-order valence-corrected chi connectivity index (χ4v) is 7.73. The topological polar surface area (TPSA) is 181 Å². The summed E-state index contributed by atoms with van der Waals surface area (Å²) in [5.41, 5.74) is 6.33. The Bertz CT molecular complexity index is 1490. The molecule has 274 valence electrons. The number of fused-ring (bicyclic) bond motifs is 1. The molecule has 3 fully saturated rings. The number of nitrogen functional groups attached to an aromatic ring is 1. The molecule has 1 saturated carbocycles. The highest BCUT2D eigenvalue weighted by molar-refractivity contribution is 6.32. The molecule has 6 N–H and O–H groups in total. The van der Waals surface area contributed by atoms with Crippen LogP contribution in [0.25, 0.3) is 0 Å². The zero-order valence-electron chi connectivity index (χ0n) is 29.5. The number of β-amino-alcohol motifs (C(OH)–C–C–N with tert-alkyl or cyclic N) is 1. The fourth-order valence-electron chi connectivity index (χ4n) is 7.55. The molecule has 1 aromatic heterocycles. The molecule has 3 heterocycles. The van der Waals surface area contributed by atoms with Crippen molar-refractivity contribution in [2.45, 2.75) is 95.5 Å². The number of halogens is 1. The number of nitrogens with zero attached hydrogens (tertiary/aromatic N) is 3. The van der Waals surface area contributed by atoms with E-state index in [1.165, 1.54) is 20.0 Å². The molecule has 5 rings (SSSR count). The van der Waals surface area contributed by atoms with Crippen molar-refractivity contribution in [3.8, 4) is 0 Å². The first-order chi connectivity index (χ1) is 23.8. The summed E-state index contributed by atoms with van der Waals surface area (Å²) in [5.74, 6) is -0.664. The number of nitrogens with one attached hydrogen (secondary N) is 3. The third-order valence-corrected chi connectivity index (χ3v) is 10.3. The highest BCUT2D eigenvalue weighted by Gasteiger charge is 2.42. The smallest absolute Gasteiger partial charge is 0.360 e. The number of piperidine rings is 1. The number of methoxy groups -OCH3 is 1. The van der Waals surface area contributed by atoms with Crippen molar-refractivity contribution in [3.05, 3.63) is 46.7 Å². The number of carbonyl (C=O) groups excluding carboxylic acids is 3. The van der Waals surface area contributed by atoms with Crippen LogP contribution in [0.4, 0.5) is 11.6 Å². The van der Waals surface area contributed by atoms with Crippen LogP contribution in [0.3, 0.4) is 0 Å². The lowest BCUT2D eigenvalue weighted by atomic mass is 9.72. The minimum Gasteiger partial charge on any atom is -0.464 e. The van der Waals surface area contributed by atoms with Gasteiger partial charge in [0.1, 0.15) is 6.04 Å². The predicted molar refractivity (Wildman–Crippen MR) is 191 cm³/mol. The van der Waals surface area contributed by atoms with E-state index in [0.717, 1.165) is 31.4 Å². The lowest BCUT2D eigenvalue weighted by Gasteiger charge is -2.47. The third kappa shape index (κ3) is 9.62. The number of aliphatic hydroxyl groups excluding tert-OH is 1. The molecule has 1 aliphatic carbocycles. The Hall–Kier alpha value is -3.52. The second kappa shape index (κ2) is 16.7. The summed E-state index contributed by atoms with van der Waals surface area (Å²) in [6.07, 6.45) is 5.31. The van der Waals surface area contributed by atoms with Crippen molar-refractivity contribution < 1.29 is 29.0 Å². The minimum absolute atomic E-state index is 0.0293. The van der Waals surface area contributed by atoms with Crippen LogP contribution in [-0.2, 0) is 25.5 Å².